The molecule has 0 radical (unpaired) electrons. The molecule has 0 amide bonds. The number of nitrogens with zero attached hydrogens (tertiary/aromatic N) is 2. The largest absolute Gasteiger partial charge is 0.455 e. The van der Waals surface area contributed by atoms with Crippen LogP contribution in [0, 0.1) is 0 Å². The third-order valence-electron chi connectivity index (χ3n) is 9.83. The molecule has 3 nitrogen and oxygen atoms in total. The zero-order chi connectivity index (χ0) is 29.2. The van der Waals surface area contributed by atoms with E-state index < -0.39 is 0 Å². The van der Waals surface area contributed by atoms with Crippen molar-refractivity contribution in [3.05, 3.63) is 146 Å². The van der Waals surface area contributed by atoms with Gasteiger partial charge in [0.15, 0.2) is 0 Å². The molecule has 4 heterocycles. The first-order valence-electron chi connectivity index (χ1n) is 15.5. The Morgan fingerprint density at radius 1 is 0.444 bits per heavy atom. The number of fused-ring (bicyclic) bond motifs is 9. The minimum absolute atomic E-state index is 0.916. The van der Waals surface area contributed by atoms with Crippen molar-refractivity contribution in [1.29, 1.82) is 0 Å². The molecule has 0 aliphatic carbocycles. The number of benzene rings is 7. The van der Waals surface area contributed by atoms with Gasteiger partial charge in [0, 0.05) is 43.6 Å². The van der Waals surface area contributed by atoms with Crippen LogP contribution in [-0.2, 0) is 0 Å². The maximum absolute atomic E-state index is 6.46. The molecule has 0 aliphatic heterocycles. The molecule has 4 aromatic heterocycles. The van der Waals surface area contributed by atoms with Crippen LogP contribution in [0.2, 0.25) is 0 Å². The van der Waals surface area contributed by atoms with Gasteiger partial charge in [0.05, 0.1) is 27.6 Å². The highest BCUT2D eigenvalue weighted by molar-refractivity contribution is 6.33. The maximum Gasteiger partial charge on any atom is 0.143 e. The molecule has 0 fully saturated rings. The Bertz CT molecular complexity index is 2990. The molecule has 7 aromatic carbocycles. The first kappa shape index (κ1) is 23.4. The molecule has 0 saturated carbocycles. The molecule has 0 saturated heterocycles. The SMILES string of the molecule is c1cc(-c2cccc3c2oc2ccccc23)cc(-n2c3ccc4cccc5c6ccccc6n6c7ccccc7c2c6c3c45)c1. The van der Waals surface area contributed by atoms with Gasteiger partial charge in [-0.1, -0.05) is 109 Å². The lowest BCUT2D eigenvalue weighted by atomic mass is 10.0. The van der Waals surface area contributed by atoms with Crippen molar-refractivity contribution in [2.45, 2.75) is 0 Å². The maximum atomic E-state index is 6.46. The lowest BCUT2D eigenvalue weighted by Gasteiger charge is -2.11. The third-order valence-corrected chi connectivity index (χ3v) is 9.83. The van der Waals surface area contributed by atoms with Crippen molar-refractivity contribution < 1.29 is 4.42 Å². The topological polar surface area (TPSA) is 22.5 Å². The van der Waals surface area contributed by atoms with E-state index in [1.54, 1.807) is 0 Å². The van der Waals surface area contributed by atoms with E-state index in [1.807, 2.05) is 6.07 Å². The predicted molar refractivity (Wildman–Crippen MR) is 188 cm³/mol. The van der Waals surface area contributed by atoms with E-state index in [0.29, 0.717) is 0 Å². The van der Waals surface area contributed by atoms with Crippen LogP contribution in [0.5, 0.6) is 0 Å². The summed E-state index contributed by atoms with van der Waals surface area (Å²) in [6.45, 7) is 0. The van der Waals surface area contributed by atoms with E-state index in [0.717, 1.165) is 38.8 Å². The second-order valence-corrected chi connectivity index (χ2v) is 12.1. The number of hydrogen-bond acceptors (Lipinski definition) is 1. The van der Waals surface area contributed by atoms with Gasteiger partial charge in [-0.3, -0.25) is 0 Å². The number of hydrogen-bond donors (Lipinski definition) is 0. The van der Waals surface area contributed by atoms with Crippen molar-refractivity contribution >= 4 is 81.8 Å². The normalized spacial score (nSPS) is 12.4. The summed E-state index contributed by atoms with van der Waals surface area (Å²) in [4.78, 5) is 0. The Morgan fingerprint density at radius 2 is 1.16 bits per heavy atom. The van der Waals surface area contributed by atoms with Crippen LogP contribution in [-0.4, -0.2) is 8.97 Å². The zero-order valence-electron chi connectivity index (χ0n) is 24.2. The van der Waals surface area contributed by atoms with Crippen molar-refractivity contribution in [2.24, 2.45) is 0 Å². The van der Waals surface area contributed by atoms with Crippen LogP contribution in [0.3, 0.4) is 0 Å². The fourth-order valence-electron chi connectivity index (χ4n) is 8.02. The first-order chi connectivity index (χ1) is 22.3. The van der Waals surface area contributed by atoms with Gasteiger partial charge < -0.3 is 13.4 Å². The van der Waals surface area contributed by atoms with Crippen molar-refractivity contribution in [2.75, 3.05) is 0 Å². The molecule has 0 atom stereocenters. The van der Waals surface area contributed by atoms with E-state index in [4.69, 9.17) is 4.42 Å². The van der Waals surface area contributed by atoms with Crippen LogP contribution in [0.15, 0.2) is 150 Å². The van der Waals surface area contributed by atoms with E-state index in [1.165, 1.54) is 59.9 Å². The van der Waals surface area contributed by atoms with Gasteiger partial charge in [0.1, 0.15) is 11.2 Å². The number of para-hydroxylation sites is 4. The lowest BCUT2D eigenvalue weighted by molar-refractivity contribution is 0.670. The second kappa shape index (κ2) is 8.31. The summed E-state index contributed by atoms with van der Waals surface area (Å²) in [5, 5.41) is 9.96. The molecule has 3 heteroatoms. The molecule has 0 aliphatic rings. The number of aromatic nitrogens is 2. The van der Waals surface area contributed by atoms with Gasteiger partial charge in [0.2, 0.25) is 0 Å². The van der Waals surface area contributed by atoms with Gasteiger partial charge >= 0.3 is 0 Å². The fourth-order valence-corrected chi connectivity index (χ4v) is 8.02. The highest BCUT2D eigenvalue weighted by Crippen LogP contribution is 2.46. The summed E-state index contributed by atoms with van der Waals surface area (Å²) < 4.78 is 11.4. The first-order valence-corrected chi connectivity index (χ1v) is 15.5. The summed E-state index contributed by atoms with van der Waals surface area (Å²) in [6.07, 6.45) is 0. The van der Waals surface area contributed by atoms with Gasteiger partial charge in [-0.25, -0.2) is 0 Å². The molecule has 0 bridgehead atoms. The average Bonchev–Trinajstić information content (AvgIpc) is 3.73. The summed E-state index contributed by atoms with van der Waals surface area (Å²) in [7, 11) is 0. The Kier molecular flexibility index (Phi) is 4.32. The smallest absolute Gasteiger partial charge is 0.143 e. The van der Waals surface area contributed by atoms with Crippen molar-refractivity contribution in [3.8, 4) is 16.8 Å². The van der Waals surface area contributed by atoms with Crippen molar-refractivity contribution in [3.63, 3.8) is 0 Å². The summed E-state index contributed by atoms with van der Waals surface area (Å²) >= 11 is 0. The van der Waals surface area contributed by atoms with E-state index >= 15 is 0 Å². The quantitative estimate of drug-likeness (QED) is 0.202. The summed E-state index contributed by atoms with van der Waals surface area (Å²) in [5.74, 6) is 0. The van der Waals surface area contributed by atoms with E-state index in [2.05, 4.69) is 148 Å². The van der Waals surface area contributed by atoms with E-state index in [9.17, 15) is 0 Å². The molecule has 0 unspecified atom stereocenters. The highest BCUT2D eigenvalue weighted by atomic mass is 16.3. The lowest BCUT2D eigenvalue weighted by Crippen LogP contribution is -1.94. The fraction of sp³-hybridized carbons (Fsp3) is 0. The molecule has 11 rings (SSSR count). The standard InChI is InChI=1S/C42H24N2O/c1-4-19-34-29(13-1)31-17-8-10-25-22-23-36-39(38(25)31)41-40(33-15-2-5-20-35(33)44(34)41)43(36)27-12-7-11-26(24-27)28-16-9-18-32-30-14-3-6-21-37(30)45-42(28)32/h1-24H. The molecule has 0 N–H and O–H groups in total. The van der Waals surface area contributed by atoms with Crippen LogP contribution < -0.4 is 0 Å². The summed E-state index contributed by atoms with van der Waals surface area (Å²) in [5.41, 5.74) is 11.4. The summed E-state index contributed by atoms with van der Waals surface area (Å²) in [6, 6.07) is 52.7. The number of rotatable bonds is 2. The average molecular weight is 573 g/mol. The van der Waals surface area contributed by atoms with Crippen LogP contribution in [0.25, 0.3) is 98.7 Å². The Labute approximate surface area is 257 Å². The monoisotopic (exact) mass is 572 g/mol. The minimum Gasteiger partial charge on any atom is -0.455 e. The highest BCUT2D eigenvalue weighted by Gasteiger charge is 2.24. The van der Waals surface area contributed by atoms with Gasteiger partial charge in [-0.2, -0.15) is 0 Å². The second-order valence-electron chi connectivity index (χ2n) is 12.1. The van der Waals surface area contributed by atoms with Crippen LogP contribution in [0.4, 0.5) is 0 Å². The zero-order valence-corrected chi connectivity index (χ0v) is 24.2. The van der Waals surface area contributed by atoms with Crippen LogP contribution >= 0.6 is 0 Å². The van der Waals surface area contributed by atoms with Gasteiger partial charge in [0.25, 0.3) is 0 Å². The third kappa shape index (κ3) is 2.90. The van der Waals surface area contributed by atoms with Crippen LogP contribution in [0.1, 0.15) is 0 Å². The molecule has 11 aromatic rings. The van der Waals surface area contributed by atoms with Gasteiger partial charge in [-0.15, -0.1) is 0 Å². The van der Waals surface area contributed by atoms with Gasteiger partial charge in [-0.05, 0) is 52.7 Å². The Balaban J connectivity index is 1.31. The molecule has 0 spiro atoms. The molecular formula is C42H24N2O. The molecule has 208 valence electrons. The molecular weight excluding hydrogens is 548 g/mol. The van der Waals surface area contributed by atoms with Crippen molar-refractivity contribution in [1.82, 2.24) is 8.97 Å². The minimum atomic E-state index is 0.916. The predicted octanol–water partition coefficient (Wildman–Crippen LogP) is 11.5. The number of furan rings is 1. The van der Waals surface area contributed by atoms with E-state index in [-0.39, 0.29) is 0 Å². The Hall–Kier alpha value is -6.06. The molecule has 45 heavy (non-hydrogen) atoms. The Morgan fingerprint density at radius 3 is 2.07 bits per heavy atom.